The average molecular weight is 284 g/mol. The Balaban J connectivity index is 2.10. The third-order valence-corrected chi connectivity index (χ3v) is 2.72. The van der Waals surface area contributed by atoms with E-state index in [0.29, 0.717) is 17.1 Å². The first-order valence-corrected chi connectivity index (χ1v) is 6.54. The normalized spacial score (nSPS) is 10.2. The van der Waals surface area contributed by atoms with Crippen LogP contribution in [0.15, 0.2) is 42.9 Å². The molecule has 0 aliphatic carbocycles. The summed E-state index contributed by atoms with van der Waals surface area (Å²) in [4.78, 5) is 31.7. The monoisotopic (exact) mass is 284 g/mol. The molecule has 0 aromatic carbocycles. The van der Waals surface area contributed by atoms with Gasteiger partial charge in [-0.05, 0) is 24.3 Å². The molecule has 2 rings (SSSR count). The van der Waals surface area contributed by atoms with Crippen LogP contribution in [0.1, 0.15) is 24.2 Å². The molecule has 2 N–H and O–H groups in total. The van der Waals surface area contributed by atoms with Crippen LogP contribution in [0.5, 0.6) is 0 Å². The largest absolute Gasteiger partial charge is 0.321 e. The van der Waals surface area contributed by atoms with E-state index in [0.717, 1.165) is 0 Å². The maximum Gasteiger partial charge on any atom is 0.255 e. The van der Waals surface area contributed by atoms with Crippen LogP contribution in [0.2, 0.25) is 0 Å². The minimum absolute atomic E-state index is 0.146. The Morgan fingerprint density at radius 1 is 1.14 bits per heavy atom. The molecular formula is C15H16N4O2. The van der Waals surface area contributed by atoms with Crippen LogP contribution in [0.3, 0.4) is 0 Å². The highest BCUT2D eigenvalue weighted by Crippen LogP contribution is 2.11. The van der Waals surface area contributed by atoms with Gasteiger partial charge in [-0.25, -0.2) is 4.98 Å². The predicted molar refractivity (Wildman–Crippen MR) is 79.9 cm³/mol. The number of pyridine rings is 2. The second kappa shape index (κ2) is 6.60. The molecule has 21 heavy (non-hydrogen) atoms. The summed E-state index contributed by atoms with van der Waals surface area (Å²) in [6, 6.07) is 6.59. The molecule has 0 bridgehead atoms. The number of hydrogen-bond donors (Lipinski definition) is 2. The standard InChI is InChI=1S/C15H16N4O2/c1-10(2)14(20)19-13-8-11(5-7-17-13)15(21)18-12-4-3-6-16-9-12/h3-10H,1-2H3,(H,18,21)(H,17,19,20). The molecule has 0 radical (unpaired) electrons. The van der Waals surface area contributed by atoms with Crippen LogP contribution in [0.25, 0.3) is 0 Å². The zero-order valence-corrected chi connectivity index (χ0v) is 11.8. The molecule has 0 aliphatic rings. The summed E-state index contributed by atoms with van der Waals surface area (Å²) in [5.74, 6) is -0.232. The molecule has 2 aromatic rings. The summed E-state index contributed by atoms with van der Waals surface area (Å²) >= 11 is 0. The van der Waals surface area contributed by atoms with Crippen molar-refractivity contribution < 1.29 is 9.59 Å². The lowest BCUT2D eigenvalue weighted by Crippen LogP contribution is -2.19. The highest BCUT2D eigenvalue weighted by molar-refractivity contribution is 6.05. The van der Waals surface area contributed by atoms with Crippen LogP contribution in [-0.2, 0) is 4.79 Å². The van der Waals surface area contributed by atoms with Crippen molar-refractivity contribution in [3.8, 4) is 0 Å². The molecule has 0 spiro atoms. The number of carbonyl (C=O) groups is 2. The van der Waals surface area contributed by atoms with Crippen molar-refractivity contribution >= 4 is 23.3 Å². The summed E-state index contributed by atoms with van der Waals surface area (Å²) < 4.78 is 0. The van der Waals surface area contributed by atoms with E-state index in [9.17, 15) is 9.59 Å². The Hall–Kier alpha value is -2.76. The topological polar surface area (TPSA) is 84.0 Å². The van der Waals surface area contributed by atoms with E-state index in [1.165, 1.54) is 12.3 Å². The number of carbonyl (C=O) groups excluding carboxylic acids is 2. The number of anilines is 2. The summed E-state index contributed by atoms with van der Waals surface area (Å²) in [6.45, 7) is 3.57. The first-order valence-electron chi connectivity index (χ1n) is 6.54. The van der Waals surface area contributed by atoms with Crippen molar-refractivity contribution in [3.05, 3.63) is 48.4 Å². The molecule has 108 valence electrons. The van der Waals surface area contributed by atoms with E-state index in [4.69, 9.17) is 0 Å². The summed E-state index contributed by atoms with van der Waals surface area (Å²) in [5, 5.41) is 5.38. The van der Waals surface area contributed by atoms with Crippen molar-refractivity contribution in [2.45, 2.75) is 13.8 Å². The first kappa shape index (κ1) is 14.6. The van der Waals surface area contributed by atoms with Crippen LogP contribution in [0.4, 0.5) is 11.5 Å². The highest BCUT2D eigenvalue weighted by Gasteiger charge is 2.11. The van der Waals surface area contributed by atoms with Crippen LogP contribution < -0.4 is 10.6 Å². The van der Waals surface area contributed by atoms with Crippen molar-refractivity contribution in [1.82, 2.24) is 9.97 Å². The SMILES string of the molecule is CC(C)C(=O)Nc1cc(C(=O)Nc2cccnc2)ccn1. The molecule has 0 saturated heterocycles. The molecule has 2 aromatic heterocycles. The van der Waals surface area contributed by atoms with Gasteiger partial charge in [-0.1, -0.05) is 13.8 Å². The maximum absolute atomic E-state index is 12.1. The minimum atomic E-state index is -0.287. The lowest BCUT2D eigenvalue weighted by molar-refractivity contribution is -0.118. The number of nitrogens with zero attached hydrogens (tertiary/aromatic N) is 2. The van der Waals surface area contributed by atoms with E-state index >= 15 is 0 Å². The van der Waals surface area contributed by atoms with Gasteiger partial charge in [-0.2, -0.15) is 0 Å². The molecule has 0 aliphatic heterocycles. The number of aromatic nitrogens is 2. The summed E-state index contributed by atoms with van der Waals surface area (Å²) in [6.07, 6.45) is 4.66. The average Bonchev–Trinajstić information content (AvgIpc) is 2.48. The molecule has 6 nitrogen and oxygen atoms in total. The van der Waals surface area contributed by atoms with Crippen molar-refractivity contribution in [3.63, 3.8) is 0 Å². The van der Waals surface area contributed by atoms with Gasteiger partial charge in [-0.3, -0.25) is 14.6 Å². The second-order valence-corrected chi connectivity index (χ2v) is 4.77. The smallest absolute Gasteiger partial charge is 0.255 e. The van der Waals surface area contributed by atoms with E-state index in [2.05, 4.69) is 20.6 Å². The van der Waals surface area contributed by atoms with Gasteiger partial charge in [0.05, 0.1) is 11.9 Å². The lowest BCUT2D eigenvalue weighted by atomic mass is 10.2. The van der Waals surface area contributed by atoms with Gasteiger partial charge in [0, 0.05) is 23.9 Å². The Morgan fingerprint density at radius 2 is 1.95 bits per heavy atom. The fraction of sp³-hybridized carbons (Fsp3) is 0.200. The van der Waals surface area contributed by atoms with Gasteiger partial charge >= 0.3 is 0 Å². The Kier molecular flexibility index (Phi) is 4.61. The van der Waals surface area contributed by atoms with E-state index in [-0.39, 0.29) is 17.7 Å². The number of hydrogen-bond acceptors (Lipinski definition) is 4. The molecule has 6 heteroatoms. The molecular weight excluding hydrogens is 268 g/mol. The zero-order valence-electron chi connectivity index (χ0n) is 11.8. The van der Waals surface area contributed by atoms with Gasteiger partial charge < -0.3 is 10.6 Å². The van der Waals surface area contributed by atoms with Gasteiger partial charge in [-0.15, -0.1) is 0 Å². The van der Waals surface area contributed by atoms with E-state index in [1.807, 2.05) is 0 Å². The van der Waals surface area contributed by atoms with Crippen LogP contribution >= 0.6 is 0 Å². The second-order valence-electron chi connectivity index (χ2n) is 4.77. The summed E-state index contributed by atoms with van der Waals surface area (Å²) in [7, 11) is 0. The molecule has 0 atom stereocenters. The van der Waals surface area contributed by atoms with Crippen LogP contribution in [-0.4, -0.2) is 21.8 Å². The Bertz CT molecular complexity index is 641. The molecule has 2 amide bonds. The highest BCUT2D eigenvalue weighted by atomic mass is 16.2. The van der Waals surface area contributed by atoms with Gasteiger partial charge in [0.2, 0.25) is 5.91 Å². The third-order valence-electron chi connectivity index (χ3n) is 2.72. The quantitative estimate of drug-likeness (QED) is 0.902. The summed E-state index contributed by atoms with van der Waals surface area (Å²) in [5.41, 5.74) is 1.01. The predicted octanol–water partition coefficient (Wildman–Crippen LogP) is 2.32. The fourth-order valence-electron chi connectivity index (χ4n) is 1.55. The van der Waals surface area contributed by atoms with E-state index in [1.54, 1.807) is 44.4 Å². The Labute approximate surface area is 122 Å². The first-order chi connectivity index (χ1) is 10.1. The number of nitrogens with one attached hydrogen (secondary N) is 2. The molecule has 0 fully saturated rings. The van der Waals surface area contributed by atoms with Crippen molar-refractivity contribution in [2.75, 3.05) is 10.6 Å². The minimum Gasteiger partial charge on any atom is -0.321 e. The van der Waals surface area contributed by atoms with Crippen LogP contribution in [0, 0.1) is 5.92 Å². The lowest BCUT2D eigenvalue weighted by Gasteiger charge is -2.08. The van der Waals surface area contributed by atoms with Gasteiger partial charge in [0.1, 0.15) is 5.82 Å². The number of rotatable bonds is 4. The molecule has 2 heterocycles. The number of amides is 2. The maximum atomic E-state index is 12.1. The third kappa shape index (κ3) is 4.10. The molecule has 0 unspecified atom stereocenters. The zero-order chi connectivity index (χ0) is 15.2. The van der Waals surface area contributed by atoms with Crippen molar-refractivity contribution in [2.24, 2.45) is 5.92 Å². The fourth-order valence-corrected chi connectivity index (χ4v) is 1.55. The molecule has 0 saturated carbocycles. The van der Waals surface area contributed by atoms with Crippen molar-refractivity contribution in [1.29, 1.82) is 0 Å². The van der Waals surface area contributed by atoms with Gasteiger partial charge in [0.25, 0.3) is 5.91 Å². The Morgan fingerprint density at radius 3 is 2.62 bits per heavy atom. The van der Waals surface area contributed by atoms with Gasteiger partial charge in [0.15, 0.2) is 0 Å². The van der Waals surface area contributed by atoms with E-state index < -0.39 is 0 Å².